The number of nitrogens with one attached hydrogen (secondary N) is 1. The summed E-state index contributed by atoms with van der Waals surface area (Å²) in [6, 6.07) is 8.03. The SMILES string of the molecule is CCC(CN)CC(=O)NCc1cccc(COC)c1. The Hall–Kier alpha value is -1.39. The average molecular weight is 264 g/mol. The molecule has 0 radical (unpaired) electrons. The van der Waals surface area contributed by atoms with Crippen molar-refractivity contribution in [3.63, 3.8) is 0 Å². The van der Waals surface area contributed by atoms with Gasteiger partial charge in [-0.3, -0.25) is 4.79 Å². The molecule has 1 atom stereocenters. The molecule has 0 saturated heterocycles. The van der Waals surface area contributed by atoms with Gasteiger partial charge in [-0.1, -0.05) is 37.6 Å². The van der Waals surface area contributed by atoms with E-state index in [0.29, 0.717) is 26.1 Å². The predicted molar refractivity (Wildman–Crippen MR) is 76.5 cm³/mol. The van der Waals surface area contributed by atoms with E-state index in [-0.39, 0.29) is 11.8 Å². The molecule has 0 saturated carbocycles. The van der Waals surface area contributed by atoms with Crippen LogP contribution in [0.3, 0.4) is 0 Å². The molecular formula is C15H24N2O2. The molecule has 1 aromatic carbocycles. The Bertz CT molecular complexity index is 389. The molecule has 0 heterocycles. The number of amides is 1. The number of ether oxygens (including phenoxy) is 1. The third-order valence-corrected chi connectivity index (χ3v) is 3.18. The Labute approximate surface area is 115 Å². The summed E-state index contributed by atoms with van der Waals surface area (Å²) in [5.41, 5.74) is 7.80. The Kier molecular flexibility index (Phi) is 7.15. The van der Waals surface area contributed by atoms with Crippen molar-refractivity contribution in [3.05, 3.63) is 35.4 Å². The van der Waals surface area contributed by atoms with E-state index >= 15 is 0 Å². The number of hydrogen-bond donors (Lipinski definition) is 2. The lowest BCUT2D eigenvalue weighted by Gasteiger charge is -2.12. The summed E-state index contributed by atoms with van der Waals surface area (Å²) in [6.07, 6.45) is 1.44. The van der Waals surface area contributed by atoms with Crippen molar-refractivity contribution in [1.82, 2.24) is 5.32 Å². The Morgan fingerprint density at radius 3 is 2.79 bits per heavy atom. The first-order valence-electron chi connectivity index (χ1n) is 6.73. The van der Waals surface area contributed by atoms with Crippen molar-refractivity contribution >= 4 is 5.91 Å². The minimum atomic E-state index is 0.0643. The third kappa shape index (κ3) is 5.85. The van der Waals surface area contributed by atoms with Gasteiger partial charge in [0.2, 0.25) is 5.91 Å². The van der Waals surface area contributed by atoms with Crippen LogP contribution in [-0.2, 0) is 22.7 Å². The van der Waals surface area contributed by atoms with E-state index < -0.39 is 0 Å². The molecule has 0 spiro atoms. The van der Waals surface area contributed by atoms with E-state index in [2.05, 4.69) is 12.2 Å². The van der Waals surface area contributed by atoms with Gasteiger partial charge in [-0.05, 0) is 23.6 Å². The van der Waals surface area contributed by atoms with Crippen molar-refractivity contribution in [2.24, 2.45) is 11.7 Å². The summed E-state index contributed by atoms with van der Waals surface area (Å²) < 4.78 is 5.09. The fourth-order valence-electron chi connectivity index (χ4n) is 1.93. The molecule has 0 aliphatic heterocycles. The number of carbonyl (C=O) groups excluding carboxylic acids is 1. The average Bonchev–Trinajstić information content (AvgIpc) is 2.43. The van der Waals surface area contributed by atoms with Gasteiger partial charge in [0.15, 0.2) is 0 Å². The van der Waals surface area contributed by atoms with Gasteiger partial charge in [0.1, 0.15) is 0 Å². The molecule has 0 aliphatic rings. The van der Waals surface area contributed by atoms with Crippen molar-refractivity contribution in [2.45, 2.75) is 32.9 Å². The summed E-state index contributed by atoms with van der Waals surface area (Å²) >= 11 is 0. The zero-order valence-electron chi connectivity index (χ0n) is 11.8. The maximum atomic E-state index is 11.8. The second-order valence-electron chi connectivity index (χ2n) is 4.74. The quantitative estimate of drug-likeness (QED) is 0.753. The van der Waals surface area contributed by atoms with Gasteiger partial charge in [0.25, 0.3) is 0 Å². The minimum absolute atomic E-state index is 0.0643. The van der Waals surface area contributed by atoms with Gasteiger partial charge in [-0.25, -0.2) is 0 Å². The van der Waals surface area contributed by atoms with E-state index in [1.807, 2.05) is 24.3 Å². The molecule has 1 rings (SSSR count). The zero-order valence-corrected chi connectivity index (χ0v) is 11.8. The largest absolute Gasteiger partial charge is 0.380 e. The van der Waals surface area contributed by atoms with Gasteiger partial charge in [-0.15, -0.1) is 0 Å². The molecule has 0 fully saturated rings. The lowest BCUT2D eigenvalue weighted by molar-refractivity contribution is -0.122. The highest BCUT2D eigenvalue weighted by atomic mass is 16.5. The second-order valence-corrected chi connectivity index (χ2v) is 4.74. The van der Waals surface area contributed by atoms with E-state index in [4.69, 9.17) is 10.5 Å². The zero-order chi connectivity index (χ0) is 14.1. The van der Waals surface area contributed by atoms with Crippen molar-refractivity contribution < 1.29 is 9.53 Å². The monoisotopic (exact) mass is 264 g/mol. The first-order chi connectivity index (χ1) is 9.19. The smallest absolute Gasteiger partial charge is 0.220 e. The molecule has 19 heavy (non-hydrogen) atoms. The van der Waals surface area contributed by atoms with E-state index in [1.54, 1.807) is 7.11 Å². The van der Waals surface area contributed by atoms with Crippen LogP contribution in [0.5, 0.6) is 0 Å². The first kappa shape index (κ1) is 15.7. The van der Waals surface area contributed by atoms with Crippen LogP contribution in [0, 0.1) is 5.92 Å². The topological polar surface area (TPSA) is 64.4 Å². The number of nitrogens with two attached hydrogens (primary N) is 1. The number of methoxy groups -OCH3 is 1. The van der Waals surface area contributed by atoms with Crippen LogP contribution in [0.4, 0.5) is 0 Å². The number of hydrogen-bond acceptors (Lipinski definition) is 3. The Morgan fingerprint density at radius 2 is 2.16 bits per heavy atom. The number of carbonyl (C=O) groups is 1. The molecule has 1 aromatic rings. The molecule has 4 heteroatoms. The van der Waals surface area contributed by atoms with Crippen LogP contribution in [0.15, 0.2) is 24.3 Å². The third-order valence-electron chi connectivity index (χ3n) is 3.18. The Morgan fingerprint density at radius 1 is 1.42 bits per heavy atom. The summed E-state index contributed by atoms with van der Waals surface area (Å²) in [6.45, 7) is 3.76. The highest BCUT2D eigenvalue weighted by Crippen LogP contribution is 2.08. The van der Waals surface area contributed by atoms with Crippen LogP contribution in [0.1, 0.15) is 30.9 Å². The fraction of sp³-hybridized carbons (Fsp3) is 0.533. The maximum Gasteiger partial charge on any atom is 0.220 e. The van der Waals surface area contributed by atoms with Gasteiger partial charge >= 0.3 is 0 Å². The molecule has 3 N–H and O–H groups in total. The molecule has 4 nitrogen and oxygen atoms in total. The van der Waals surface area contributed by atoms with Crippen molar-refractivity contribution in [3.8, 4) is 0 Å². The summed E-state index contributed by atoms with van der Waals surface area (Å²) in [5.74, 6) is 0.342. The highest BCUT2D eigenvalue weighted by molar-refractivity contribution is 5.76. The molecule has 106 valence electrons. The number of benzene rings is 1. The molecule has 0 aliphatic carbocycles. The Balaban J connectivity index is 2.43. The van der Waals surface area contributed by atoms with Crippen molar-refractivity contribution in [1.29, 1.82) is 0 Å². The predicted octanol–water partition coefficient (Wildman–Crippen LogP) is 1.82. The van der Waals surface area contributed by atoms with Gasteiger partial charge in [0, 0.05) is 20.1 Å². The molecule has 0 bridgehead atoms. The molecule has 1 unspecified atom stereocenters. The van der Waals surface area contributed by atoms with E-state index in [9.17, 15) is 4.79 Å². The molecular weight excluding hydrogens is 240 g/mol. The minimum Gasteiger partial charge on any atom is -0.380 e. The lowest BCUT2D eigenvalue weighted by Crippen LogP contribution is -2.27. The first-order valence-corrected chi connectivity index (χ1v) is 6.73. The summed E-state index contributed by atoms with van der Waals surface area (Å²) in [7, 11) is 1.67. The van der Waals surface area contributed by atoms with Crippen LogP contribution in [0.25, 0.3) is 0 Å². The van der Waals surface area contributed by atoms with Gasteiger partial charge < -0.3 is 15.8 Å². The molecule has 0 aromatic heterocycles. The summed E-state index contributed by atoms with van der Waals surface area (Å²) in [5, 5.41) is 2.93. The normalized spacial score (nSPS) is 12.2. The van der Waals surface area contributed by atoms with Crippen LogP contribution >= 0.6 is 0 Å². The van der Waals surface area contributed by atoms with Crippen LogP contribution in [0.2, 0.25) is 0 Å². The number of rotatable bonds is 8. The van der Waals surface area contributed by atoms with Crippen LogP contribution < -0.4 is 11.1 Å². The fourth-order valence-corrected chi connectivity index (χ4v) is 1.93. The summed E-state index contributed by atoms with van der Waals surface area (Å²) in [4.78, 5) is 11.8. The lowest BCUT2D eigenvalue weighted by atomic mass is 10.0. The molecule has 1 amide bonds. The van der Waals surface area contributed by atoms with Gasteiger partial charge in [-0.2, -0.15) is 0 Å². The van der Waals surface area contributed by atoms with Gasteiger partial charge in [0.05, 0.1) is 6.61 Å². The standard InChI is InChI=1S/C15H24N2O2/c1-3-12(9-16)8-15(18)17-10-13-5-4-6-14(7-13)11-19-2/h4-7,12H,3,8-11,16H2,1-2H3,(H,17,18). The van der Waals surface area contributed by atoms with E-state index in [0.717, 1.165) is 17.5 Å². The van der Waals surface area contributed by atoms with Crippen molar-refractivity contribution in [2.75, 3.05) is 13.7 Å². The highest BCUT2D eigenvalue weighted by Gasteiger charge is 2.10. The second kappa shape index (κ2) is 8.67. The van der Waals surface area contributed by atoms with Crippen LogP contribution in [-0.4, -0.2) is 19.6 Å². The van der Waals surface area contributed by atoms with E-state index in [1.165, 1.54) is 0 Å². The maximum absolute atomic E-state index is 11.8.